The molecule has 0 saturated heterocycles. The Hall–Kier alpha value is -7.42. The van der Waals surface area contributed by atoms with Crippen molar-refractivity contribution in [1.82, 2.24) is 9.13 Å². The molecule has 0 amide bonds. The van der Waals surface area contributed by atoms with Gasteiger partial charge in [-0.05, 0) is 105 Å². The molecule has 2 aromatic heterocycles. The summed E-state index contributed by atoms with van der Waals surface area (Å²) in [5.41, 5.74) is 16.8. The van der Waals surface area contributed by atoms with Crippen molar-refractivity contribution >= 4 is 43.6 Å². The normalized spacial score (nSPS) is 11.6. The van der Waals surface area contributed by atoms with Gasteiger partial charge in [0.2, 0.25) is 0 Å². The van der Waals surface area contributed by atoms with Gasteiger partial charge >= 0.3 is 0 Å². The van der Waals surface area contributed by atoms with E-state index in [1.807, 2.05) is 0 Å². The van der Waals surface area contributed by atoms with Crippen LogP contribution in [0, 0.1) is 0 Å². The molecule has 0 bridgehead atoms. The minimum atomic E-state index is 1.15. The molecule has 2 heteroatoms. The lowest BCUT2D eigenvalue weighted by molar-refractivity contribution is 1.18. The van der Waals surface area contributed by atoms with Crippen molar-refractivity contribution in [2.75, 3.05) is 0 Å². The van der Waals surface area contributed by atoms with Gasteiger partial charge in [0.05, 0.1) is 22.1 Å². The number of fused-ring (bicyclic) bond motifs is 6. The minimum Gasteiger partial charge on any atom is -0.309 e. The number of hydrogen-bond donors (Lipinski definition) is 0. The maximum atomic E-state index is 2.42. The van der Waals surface area contributed by atoms with Crippen LogP contribution in [0.4, 0.5) is 0 Å². The summed E-state index contributed by atoms with van der Waals surface area (Å²) in [6, 6.07) is 79.4. The maximum absolute atomic E-state index is 2.42. The van der Waals surface area contributed by atoms with E-state index < -0.39 is 0 Å². The van der Waals surface area contributed by atoms with Crippen LogP contribution < -0.4 is 0 Å². The second-order valence-electron chi connectivity index (χ2n) is 14.5. The third-order valence-electron chi connectivity index (χ3n) is 11.3. The van der Waals surface area contributed by atoms with E-state index in [9.17, 15) is 0 Å². The molecule has 0 N–H and O–H groups in total. The van der Waals surface area contributed by atoms with Gasteiger partial charge in [0.1, 0.15) is 0 Å². The van der Waals surface area contributed by atoms with Crippen molar-refractivity contribution in [1.29, 1.82) is 0 Å². The highest BCUT2D eigenvalue weighted by Crippen LogP contribution is 2.43. The zero-order valence-corrected chi connectivity index (χ0v) is 30.7. The molecule has 11 aromatic rings. The summed E-state index contributed by atoms with van der Waals surface area (Å²) < 4.78 is 4.83. The van der Waals surface area contributed by atoms with Crippen LogP contribution in [0.2, 0.25) is 0 Å². The SMILES string of the molecule is c1ccc(-c2ccc(-c3ccc4c5cc(-c6cc7c8ccccc8n(-c8ccccc8)c7cc6-c6ccccc6)ccc5n(-c5ccccc5)c4c3)cc2)cc1. The fraction of sp³-hybridized carbons (Fsp3) is 0. The van der Waals surface area contributed by atoms with Gasteiger partial charge in [0, 0.05) is 32.9 Å². The third kappa shape index (κ3) is 5.26. The van der Waals surface area contributed by atoms with Crippen molar-refractivity contribution in [2.45, 2.75) is 0 Å². The highest BCUT2D eigenvalue weighted by molar-refractivity contribution is 6.15. The lowest BCUT2D eigenvalue weighted by Crippen LogP contribution is -1.94. The Morgan fingerprint density at radius 1 is 0.214 bits per heavy atom. The molecule has 262 valence electrons. The highest BCUT2D eigenvalue weighted by atomic mass is 15.0. The molecular weight excluding hydrogens is 677 g/mol. The van der Waals surface area contributed by atoms with E-state index in [4.69, 9.17) is 0 Å². The molecule has 0 aliphatic rings. The summed E-state index contributed by atoms with van der Waals surface area (Å²) in [5, 5.41) is 4.96. The lowest BCUT2D eigenvalue weighted by Gasteiger charge is -2.14. The summed E-state index contributed by atoms with van der Waals surface area (Å²) in [4.78, 5) is 0. The zero-order valence-electron chi connectivity index (χ0n) is 30.7. The standard InChI is InChI=1S/C54H36N2/c1-5-15-37(16-6-1)38-25-27-39(28-26-38)41-29-31-46-49-33-42(30-32-52(49)56(53(46)34-41)44-21-11-4-12-22-44)47-35-50-45-23-13-14-24-51(45)55(43-19-9-3-10-20-43)54(50)36-48(47)40-17-7-2-8-18-40/h1-36H. The number of aromatic nitrogens is 2. The van der Waals surface area contributed by atoms with Crippen molar-refractivity contribution < 1.29 is 0 Å². The minimum absolute atomic E-state index is 1.15. The first kappa shape index (κ1) is 32.0. The summed E-state index contributed by atoms with van der Waals surface area (Å²) in [5.74, 6) is 0. The van der Waals surface area contributed by atoms with Crippen LogP contribution in [0.3, 0.4) is 0 Å². The molecule has 2 heterocycles. The quantitative estimate of drug-likeness (QED) is 0.162. The smallest absolute Gasteiger partial charge is 0.0547 e. The largest absolute Gasteiger partial charge is 0.309 e. The molecule has 0 fully saturated rings. The zero-order chi connectivity index (χ0) is 37.0. The van der Waals surface area contributed by atoms with Crippen LogP contribution in [-0.2, 0) is 0 Å². The summed E-state index contributed by atoms with van der Waals surface area (Å²) >= 11 is 0. The molecule has 0 aliphatic carbocycles. The maximum Gasteiger partial charge on any atom is 0.0547 e. The van der Waals surface area contributed by atoms with Gasteiger partial charge in [-0.2, -0.15) is 0 Å². The Balaban J connectivity index is 1.13. The second-order valence-corrected chi connectivity index (χ2v) is 14.5. The first-order chi connectivity index (χ1) is 27.8. The molecule has 0 saturated carbocycles. The summed E-state index contributed by atoms with van der Waals surface area (Å²) in [6.45, 7) is 0. The van der Waals surface area contributed by atoms with E-state index in [0.29, 0.717) is 0 Å². The van der Waals surface area contributed by atoms with Gasteiger partial charge < -0.3 is 9.13 Å². The first-order valence-corrected chi connectivity index (χ1v) is 19.3. The van der Waals surface area contributed by atoms with Crippen LogP contribution in [0.25, 0.3) is 99.5 Å². The molecule has 9 aromatic carbocycles. The lowest BCUT2D eigenvalue weighted by atomic mass is 9.92. The van der Waals surface area contributed by atoms with Crippen LogP contribution >= 0.6 is 0 Å². The number of benzene rings is 9. The molecule has 0 aliphatic heterocycles. The molecule has 0 unspecified atom stereocenters. The van der Waals surface area contributed by atoms with Gasteiger partial charge in [-0.25, -0.2) is 0 Å². The Kier molecular flexibility index (Phi) is 7.53. The van der Waals surface area contributed by atoms with E-state index in [1.165, 1.54) is 88.1 Å². The van der Waals surface area contributed by atoms with Crippen LogP contribution in [0.15, 0.2) is 218 Å². The first-order valence-electron chi connectivity index (χ1n) is 19.3. The van der Waals surface area contributed by atoms with Gasteiger partial charge in [-0.3, -0.25) is 0 Å². The highest BCUT2D eigenvalue weighted by Gasteiger charge is 2.19. The predicted molar refractivity (Wildman–Crippen MR) is 237 cm³/mol. The van der Waals surface area contributed by atoms with Crippen LogP contribution in [-0.4, -0.2) is 9.13 Å². The number of rotatable bonds is 6. The molecule has 0 atom stereocenters. The molecular formula is C54H36N2. The number of nitrogens with zero attached hydrogens (tertiary/aromatic N) is 2. The average Bonchev–Trinajstić information content (AvgIpc) is 3.78. The molecule has 0 spiro atoms. The van der Waals surface area contributed by atoms with E-state index in [2.05, 4.69) is 228 Å². The van der Waals surface area contributed by atoms with Gasteiger partial charge in [0.15, 0.2) is 0 Å². The Morgan fingerprint density at radius 2 is 0.643 bits per heavy atom. The van der Waals surface area contributed by atoms with Crippen molar-refractivity contribution in [3.63, 3.8) is 0 Å². The number of hydrogen-bond acceptors (Lipinski definition) is 0. The Bertz CT molecular complexity index is 3190. The van der Waals surface area contributed by atoms with Crippen molar-refractivity contribution in [3.8, 4) is 55.9 Å². The van der Waals surface area contributed by atoms with Crippen LogP contribution in [0.5, 0.6) is 0 Å². The van der Waals surface area contributed by atoms with E-state index >= 15 is 0 Å². The van der Waals surface area contributed by atoms with E-state index in [1.54, 1.807) is 0 Å². The third-order valence-corrected chi connectivity index (χ3v) is 11.3. The van der Waals surface area contributed by atoms with Crippen molar-refractivity contribution in [2.24, 2.45) is 0 Å². The molecule has 2 nitrogen and oxygen atoms in total. The number of para-hydroxylation sites is 3. The van der Waals surface area contributed by atoms with Gasteiger partial charge in [0.25, 0.3) is 0 Å². The van der Waals surface area contributed by atoms with E-state index in [0.717, 1.165) is 11.4 Å². The monoisotopic (exact) mass is 712 g/mol. The Morgan fingerprint density at radius 3 is 1.30 bits per heavy atom. The fourth-order valence-electron chi connectivity index (χ4n) is 8.67. The summed E-state index contributed by atoms with van der Waals surface area (Å²) in [6.07, 6.45) is 0. The molecule has 56 heavy (non-hydrogen) atoms. The molecule has 11 rings (SSSR count). The van der Waals surface area contributed by atoms with Gasteiger partial charge in [-0.15, -0.1) is 0 Å². The molecule has 0 radical (unpaired) electrons. The van der Waals surface area contributed by atoms with Gasteiger partial charge in [-0.1, -0.05) is 158 Å². The Labute approximate surface area is 325 Å². The van der Waals surface area contributed by atoms with Crippen LogP contribution in [0.1, 0.15) is 0 Å². The van der Waals surface area contributed by atoms with Crippen molar-refractivity contribution in [3.05, 3.63) is 218 Å². The second kappa shape index (κ2) is 13.2. The topological polar surface area (TPSA) is 9.86 Å². The predicted octanol–water partition coefficient (Wildman–Crippen LogP) is 14.5. The fourth-order valence-corrected chi connectivity index (χ4v) is 8.67. The van der Waals surface area contributed by atoms with E-state index in [-0.39, 0.29) is 0 Å². The average molecular weight is 713 g/mol. The summed E-state index contributed by atoms with van der Waals surface area (Å²) in [7, 11) is 0.